The van der Waals surface area contributed by atoms with Gasteiger partial charge in [0.05, 0.1) is 31.5 Å². The molecule has 0 aliphatic carbocycles. The van der Waals surface area contributed by atoms with Gasteiger partial charge in [-0.15, -0.1) is 0 Å². The number of hydrogen-bond donors (Lipinski definition) is 3. The van der Waals surface area contributed by atoms with Gasteiger partial charge in [-0.2, -0.15) is 0 Å². The van der Waals surface area contributed by atoms with Crippen molar-refractivity contribution in [3.8, 4) is 0 Å². The van der Waals surface area contributed by atoms with Gasteiger partial charge in [0.2, 0.25) is 5.89 Å². The molecule has 1 aromatic heterocycles. The first-order valence-electron chi connectivity index (χ1n) is 6.25. The molecule has 2 atom stereocenters. The number of nitrogens with zero attached hydrogens (tertiary/aromatic N) is 1. The summed E-state index contributed by atoms with van der Waals surface area (Å²) in [4.78, 5) is 26.8. The minimum absolute atomic E-state index is 0.110. The van der Waals surface area contributed by atoms with Crippen LogP contribution in [0.4, 0.5) is 4.79 Å². The second-order valence-corrected chi connectivity index (χ2v) is 4.66. The maximum atomic E-state index is 11.7. The smallest absolute Gasteiger partial charge is 0.315 e. The molecule has 1 fully saturated rings. The van der Waals surface area contributed by atoms with Crippen LogP contribution < -0.4 is 10.6 Å². The number of oxazole rings is 1. The minimum atomic E-state index is -0.980. The van der Waals surface area contributed by atoms with Crippen molar-refractivity contribution < 1.29 is 23.8 Å². The number of carbonyl (C=O) groups excluding carboxylic acids is 1. The lowest BCUT2D eigenvalue weighted by atomic mass is 10.0. The lowest BCUT2D eigenvalue weighted by molar-refractivity contribution is -0.142. The Hall–Kier alpha value is -2.09. The van der Waals surface area contributed by atoms with Crippen LogP contribution in [0.25, 0.3) is 0 Å². The number of amides is 2. The van der Waals surface area contributed by atoms with Gasteiger partial charge >= 0.3 is 12.0 Å². The van der Waals surface area contributed by atoms with Crippen LogP contribution in [-0.4, -0.2) is 41.3 Å². The first-order valence-corrected chi connectivity index (χ1v) is 6.25. The van der Waals surface area contributed by atoms with Gasteiger partial charge in [0.1, 0.15) is 11.7 Å². The Bertz CT molecular complexity index is 494. The molecule has 20 heavy (non-hydrogen) atoms. The van der Waals surface area contributed by atoms with E-state index < -0.39 is 24.0 Å². The second-order valence-electron chi connectivity index (χ2n) is 4.66. The van der Waals surface area contributed by atoms with Crippen LogP contribution in [0.15, 0.2) is 4.42 Å². The highest BCUT2D eigenvalue weighted by atomic mass is 16.5. The first-order chi connectivity index (χ1) is 9.47. The maximum absolute atomic E-state index is 11.7. The summed E-state index contributed by atoms with van der Waals surface area (Å²) < 4.78 is 10.4. The van der Waals surface area contributed by atoms with E-state index in [1.807, 2.05) is 6.92 Å². The van der Waals surface area contributed by atoms with Gasteiger partial charge < -0.3 is 24.9 Å². The number of carbonyl (C=O) groups is 2. The molecule has 0 bridgehead atoms. The third kappa shape index (κ3) is 3.27. The number of aryl methyl sites for hydroxylation is 2. The van der Waals surface area contributed by atoms with Crippen molar-refractivity contribution in [1.82, 2.24) is 15.6 Å². The van der Waals surface area contributed by atoms with Crippen LogP contribution in [0.3, 0.4) is 0 Å². The van der Waals surface area contributed by atoms with Crippen molar-refractivity contribution in [2.24, 2.45) is 5.92 Å². The summed E-state index contributed by atoms with van der Waals surface area (Å²) in [6.45, 7) is 4.06. The van der Waals surface area contributed by atoms with E-state index in [1.165, 1.54) is 0 Å². The zero-order valence-corrected chi connectivity index (χ0v) is 11.3. The Morgan fingerprint density at radius 3 is 2.75 bits per heavy atom. The van der Waals surface area contributed by atoms with Gasteiger partial charge in [0, 0.05) is 0 Å². The standard InChI is InChI=1S/C12H17N3O5/c1-6-7(2)20-10(14-6)3-13-12(18)15-9-5-19-4-8(9)11(16)17/h8-9H,3-5H2,1-2H3,(H,16,17)(H2,13,15,18). The van der Waals surface area contributed by atoms with Gasteiger partial charge in [-0.3, -0.25) is 4.79 Å². The van der Waals surface area contributed by atoms with E-state index in [4.69, 9.17) is 14.3 Å². The molecule has 0 spiro atoms. The molecular weight excluding hydrogens is 266 g/mol. The minimum Gasteiger partial charge on any atom is -0.481 e. The Balaban J connectivity index is 1.82. The number of aromatic nitrogens is 1. The summed E-state index contributed by atoms with van der Waals surface area (Å²) in [5.74, 6) is -0.580. The zero-order chi connectivity index (χ0) is 14.7. The summed E-state index contributed by atoms with van der Waals surface area (Å²) in [5, 5.41) is 14.1. The molecule has 1 aliphatic heterocycles. The largest absolute Gasteiger partial charge is 0.481 e. The quantitative estimate of drug-likeness (QED) is 0.727. The molecule has 2 rings (SSSR count). The number of urea groups is 1. The number of aliphatic carboxylic acids is 1. The number of carboxylic acid groups (broad SMARTS) is 1. The average molecular weight is 283 g/mol. The third-order valence-electron chi connectivity index (χ3n) is 3.19. The van der Waals surface area contributed by atoms with Crippen LogP contribution in [0, 0.1) is 19.8 Å². The summed E-state index contributed by atoms with van der Waals surface area (Å²) in [6.07, 6.45) is 0. The van der Waals surface area contributed by atoms with Gasteiger partial charge in [0.15, 0.2) is 0 Å². The zero-order valence-electron chi connectivity index (χ0n) is 11.3. The van der Waals surface area contributed by atoms with Gasteiger partial charge in [0.25, 0.3) is 0 Å². The Kier molecular flexibility index (Phi) is 4.23. The average Bonchev–Trinajstić information content (AvgIpc) is 2.95. The summed E-state index contributed by atoms with van der Waals surface area (Å²) in [5.41, 5.74) is 0.775. The number of carboxylic acids is 1. The van der Waals surface area contributed by atoms with Gasteiger partial charge in [-0.05, 0) is 13.8 Å². The molecule has 110 valence electrons. The van der Waals surface area contributed by atoms with Crippen LogP contribution in [-0.2, 0) is 16.1 Å². The molecule has 2 amide bonds. The molecule has 1 aromatic rings. The third-order valence-corrected chi connectivity index (χ3v) is 3.19. The van der Waals surface area contributed by atoms with E-state index in [-0.39, 0.29) is 19.8 Å². The molecular formula is C12H17N3O5. The van der Waals surface area contributed by atoms with E-state index in [9.17, 15) is 9.59 Å². The van der Waals surface area contributed by atoms with E-state index in [2.05, 4.69) is 15.6 Å². The molecule has 0 aromatic carbocycles. The highest BCUT2D eigenvalue weighted by Gasteiger charge is 2.35. The Morgan fingerprint density at radius 2 is 2.15 bits per heavy atom. The molecule has 8 heteroatoms. The summed E-state index contributed by atoms with van der Waals surface area (Å²) in [7, 11) is 0. The molecule has 1 aliphatic rings. The Labute approximate surface area is 115 Å². The van der Waals surface area contributed by atoms with Gasteiger partial charge in [-0.1, -0.05) is 0 Å². The first kappa shape index (κ1) is 14.3. The lowest BCUT2D eigenvalue weighted by Gasteiger charge is -2.15. The molecule has 0 radical (unpaired) electrons. The predicted molar refractivity (Wildman–Crippen MR) is 67.1 cm³/mol. The van der Waals surface area contributed by atoms with Gasteiger partial charge in [-0.25, -0.2) is 9.78 Å². The second kappa shape index (κ2) is 5.91. The van der Waals surface area contributed by atoms with Crippen LogP contribution in [0.1, 0.15) is 17.3 Å². The number of nitrogens with one attached hydrogen (secondary N) is 2. The van der Waals surface area contributed by atoms with Crippen molar-refractivity contribution in [3.63, 3.8) is 0 Å². The fourth-order valence-corrected chi connectivity index (χ4v) is 1.93. The molecule has 3 N–H and O–H groups in total. The fraction of sp³-hybridized carbons (Fsp3) is 0.583. The van der Waals surface area contributed by atoms with E-state index >= 15 is 0 Å². The number of hydrogen-bond acceptors (Lipinski definition) is 5. The molecule has 1 saturated heterocycles. The van der Waals surface area contributed by atoms with Crippen molar-refractivity contribution in [1.29, 1.82) is 0 Å². The van der Waals surface area contributed by atoms with Crippen molar-refractivity contribution in [2.75, 3.05) is 13.2 Å². The van der Waals surface area contributed by atoms with Crippen LogP contribution in [0.2, 0.25) is 0 Å². The van der Waals surface area contributed by atoms with Crippen LogP contribution in [0.5, 0.6) is 0 Å². The van der Waals surface area contributed by atoms with Crippen molar-refractivity contribution in [3.05, 3.63) is 17.3 Å². The summed E-state index contributed by atoms with van der Waals surface area (Å²) in [6, 6.07) is -0.999. The normalized spacial score (nSPS) is 21.7. The SMILES string of the molecule is Cc1nc(CNC(=O)NC2COCC2C(=O)O)oc1C. The van der Waals surface area contributed by atoms with E-state index in [1.54, 1.807) is 6.92 Å². The van der Waals surface area contributed by atoms with Crippen molar-refractivity contribution in [2.45, 2.75) is 26.4 Å². The molecule has 0 saturated carbocycles. The van der Waals surface area contributed by atoms with E-state index in [0.717, 1.165) is 5.69 Å². The van der Waals surface area contributed by atoms with E-state index in [0.29, 0.717) is 11.7 Å². The number of ether oxygens (including phenoxy) is 1. The highest BCUT2D eigenvalue weighted by Crippen LogP contribution is 2.13. The topological polar surface area (TPSA) is 114 Å². The monoisotopic (exact) mass is 283 g/mol. The maximum Gasteiger partial charge on any atom is 0.315 e. The molecule has 8 nitrogen and oxygen atoms in total. The lowest BCUT2D eigenvalue weighted by Crippen LogP contribution is -2.47. The van der Waals surface area contributed by atoms with Crippen LogP contribution >= 0.6 is 0 Å². The Morgan fingerprint density at radius 1 is 1.40 bits per heavy atom. The fourth-order valence-electron chi connectivity index (χ4n) is 1.93. The molecule has 2 heterocycles. The molecule has 2 unspecified atom stereocenters. The highest BCUT2D eigenvalue weighted by molar-refractivity contribution is 5.77. The number of rotatable bonds is 4. The summed E-state index contributed by atoms with van der Waals surface area (Å²) >= 11 is 0. The predicted octanol–water partition coefficient (Wildman–Crippen LogP) is 0.190. The van der Waals surface area contributed by atoms with Crippen molar-refractivity contribution >= 4 is 12.0 Å².